The van der Waals surface area contributed by atoms with Crippen molar-refractivity contribution in [2.75, 3.05) is 18.5 Å². The van der Waals surface area contributed by atoms with Gasteiger partial charge in [-0.25, -0.2) is 0 Å². The molecule has 0 heterocycles. The number of hydrogen-bond donors (Lipinski definition) is 0. The molecule has 112 valence electrons. The minimum Gasteiger partial charge on any atom is -0.375 e. The van der Waals surface area contributed by atoms with Crippen LogP contribution in [0.5, 0.6) is 0 Å². The van der Waals surface area contributed by atoms with E-state index in [1.165, 1.54) is 0 Å². The van der Waals surface area contributed by atoms with Crippen LogP contribution in [0.15, 0.2) is 35.9 Å². The van der Waals surface area contributed by atoms with Gasteiger partial charge in [-0.1, -0.05) is 42.8 Å². The summed E-state index contributed by atoms with van der Waals surface area (Å²) in [6.07, 6.45) is 9.49. The van der Waals surface area contributed by atoms with Crippen molar-refractivity contribution < 1.29 is 4.79 Å². The van der Waals surface area contributed by atoms with Crippen LogP contribution in [0.25, 0.3) is 6.08 Å². The number of benzene rings is 1. The first-order valence-electron chi connectivity index (χ1n) is 7.53. The van der Waals surface area contributed by atoms with Gasteiger partial charge in [0.1, 0.15) is 0 Å². The van der Waals surface area contributed by atoms with Crippen molar-refractivity contribution in [3.63, 3.8) is 0 Å². The molecule has 0 radical (unpaired) electrons. The number of allylic oxidation sites excluding steroid dienone is 3. The van der Waals surface area contributed by atoms with Crippen LogP contribution >= 0.6 is 11.6 Å². The topological polar surface area (TPSA) is 20.3 Å². The van der Waals surface area contributed by atoms with E-state index in [1.54, 1.807) is 0 Å². The van der Waals surface area contributed by atoms with Gasteiger partial charge < -0.3 is 4.90 Å². The van der Waals surface area contributed by atoms with Crippen LogP contribution in [0.1, 0.15) is 38.2 Å². The minimum atomic E-state index is 0.280. The molecule has 0 aromatic heterocycles. The SMILES string of the molecule is CCCN(C)c1ccc(/C=C/C=C2\CCCC2=O)c(Cl)c1. The van der Waals surface area contributed by atoms with Gasteiger partial charge in [-0.05, 0) is 42.5 Å². The third kappa shape index (κ3) is 4.21. The van der Waals surface area contributed by atoms with E-state index in [2.05, 4.69) is 24.9 Å². The lowest BCUT2D eigenvalue weighted by molar-refractivity contribution is -0.114. The first kappa shape index (κ1) is 15.8. The molecule has 0 N–H and O–H groups in total. The Balaban J connectivity index is 2.09. The quantitative estimate of drug-likeness (QED) is 0.723. The van der Waals surface area contributed by atoms with Gasteiger partial charge in [-0.3, -0.25) is 4.79 Å². The van der Waals surface area contributed by atoms with Crippen molar-refractivity contribution in [2.45, 2.75) is 32.6 Å². The molecule has 1 aliphatic carbocycles. The minimum absolute atomic E-state index is 0.280. The Hall–Kier alpha value is -1.54. The summed E-state index contributed by atoms with van der Waals surface area (Å²) in [7, 11) is 2.07. The predicted molar refractivity (Wildman–Crippen MR) is 91.0 cm³/mol. The average Bonchev–Trinajstić information content (AvgIpc) is 2.86. The molecule has 0 bridgehead atoms. The number of halogens is 1. The van der Waals surface area contributed by atoms with Crippen LogP contribution in [0, 0.1) is 0 Å². The molecule has 1 aromatic rings. The summed E-state index contributed by atoms with van der Waals surface area (Å²) < 4.78 is 0. The van der Waals surface area contributed by atoms with E-state index < -0.39 is 0 Å². The summed E-state index contributed by atoms with van der Waals surface area (Å²) in [6, 6.07) is 6.09. The second-order valence-corrected chi connectivity index (χ2v) is 5.86. The lowest BCUT2D eigenvalue weighted by Crippen LogP contribution is -2.17. The zero-order chi connectivity index (χ0) is 15.2. The van der Waals surface area contributed by atoms with Crippen molar-refractivity contribution in [1.29, 1.82) is 0 Å². The van der Waals surface area contributed by atoms with Crippen molar-refractivity contribution in [2.24, 2.45) is 0 Å². The zero-order valence-corrected chi connectivity index (χ0v) is 13.5. The van der Waals surface area contributed by atoms with E-state index >= 15 is 0 Å². The number of ketones is 1. The first-order chi connectivity index (χ1) is 10.1. The molecule has 1 aliphatic rings. The molecule has 2 rings (SSSR count). The third-order valence-electron chi connectivity index (χ3n) is 3.77. The van der Waals surface area contributed by atoms with Crippen molar-refractivity contribution in [1.82, 2.24) is 0 Å². The maximum Gasteiger partial charge on any atom is 0.158 e. The normalized spacial score (nSPS) is 17.1. The molecule has 3 heteroatoms. The number of carbonyl (C=O) groups excluding carboxylic acids is 1. The Kier molecular flexibility index (Phi) is 5.63. The molecule has 0 unspecified atom stereocenters. The Bertz CT molecular complexity index is 575. The van der Waals surface area contributed by atoms with Gasteiger partial charge in [0.25, 0.3) is 0 Å². The highest BCUT2D eigenvalue weighted by atomic mass is 35.5. The monoisotopic (exact) mass is 303 g/mol. The fraction of sp³-hybridized carbons (Fsp3) is 0.389. The third-order valence-corrected chi connectivity index (χ3v) is 4.09. The summed E-state index contributed by atoms with van der Waals surface area (Å²) >= 11 is 6.33. The van der Waals surface area contributed by atoms with E-state index in [1.807, 2.05) is 30.4 Å². The van der Waals surface area contributed by atoms with E-state index in [-0.39, 0.29) is 5.78 Å². The van der Waals surface area contributed by atoms with Gasteiger partial charge in [-0.15, -0.1) is 0 Å². The Morgan fingerprint density at radius 1 is 1.33 bits per heavy atom. The standard InChI is InChI=1S/C18H22ClNO/c1-3-12-20(2)16-11-10-14(17(19)13-16)6-4-7-15-8-5-9-18(15)21/h4,6-7,10-11,13H,3,5,8-9,12H2,1-2H3/b6-4+,15-7+. The predicted octanol–water partition coefficient (Wildman–Crippen LogP) is 4.88. The van der Waals surface area contributed by atoms with Crippen molar-refractivity contribution >= 4 is 29.1 Å². The molecule has 0 spiro atoms. The van der Waals surface area contributed by atoms with Crippen molar-refractivity contribution in [3.8, 4) is 0 Å². The molecule has 0 atom stereocenters. The summed E-state index contributed by atoms with van der Waals surface area (Å²) in [5.41, 5.74) is 3.04. The lowest BCUT2D eigenvalue weighted by Gasteiger charge is -2.18. The smallest absolute Gasteiger partial charge is 0.158 e. The Morgan fingerprint density at radius 3 is 2.76 bits per heavy atom. The molecule has 21 heavy (non-hydrogen) atoms. The molecule has 1 fully saturated rings. The maximum atomic E-state index is 11.5. The molecule has 0 saturated heterocycles. The van der Waals surface area contributed by atoms with Gasteiger partial charge in [0.15, 0.2) is 5.78 Å². The summed E-state index contributed by atoms with van der Waals surface area (Å²) in [6.45, 7) is 3.17. The zero-order valence-electron chi connectivity index (χ0n) is 12.7. The summed E-state index contributed by atoms with van der Waals surface area (Å²) in [5.74, 6) is 0.280. The van der Waals surface area contributed by atoms with Crippen LogP contribution in [0.3, 0.4) is 0 Å². The maximum absolute atomic E-state index is 11.5. The number of Topliss-reactive ketones (excluding diaryl/α,β-unsaturated/α-hetero) is 1. The van der Waals surface area contributed by atoms with Crippen LogP contribution in [0.4, 0.5) is 5.69 Å². The number of anilines is 1. The second-order valence-electron chi connectivity index (χ2n) is 5.46. The average molecular weight is 304 g/mol. The van der Waals surface area contributed by atoms with Crippen LogP contribution in [-0.4, -0.2) is 19.4 Å². The molecular formula is C18H22ClNO. The Morgan fingerprint density at radius 2 is 2.14 bits per heavy atom. The summed E-state index contributed by atoms with van der Waals surface area (Å²) in [4.78, 5) is 13.7. The molecule has 1 aromatic carbocycles. The highest BCUT2D eigenvalue weighted by molar-refractivity contribution is 6.32. The van der Waals surface area contributed by atoms with Crippen LogP contribution in [0.2, 0.25) is 5.02 Å². The largest absolute Gasteiger partial charge is 0.375 e. The molecule has 0 amide bonds. The number of carbonyl (C=O) groups is 1. The molecule has 1 saturated carbocycles. The van der Waals surface area contributed by atoms with Gasteiger partial charge in [0.2, 0.25) is 0 Å². The van der Waals surface area contributed by atoms with Crippen LogP contribution < -0.4 is 4.90 Å². The first-order valence-corrected chi connectivity index (χ1v) is 7.90. The molecule has 0 aliphatic heterocycles. The lowest BCUT2D eigenvalue weighted by atomic mass is 10.1. The van der Waals surface area contributed by atoms with Gasteiger partial charge in [-0.2, -0.15) is 0 Å². The number of rotatable bonds is 5. The van der Waals surface area contributed by atoms with Crippen molar-refractivity contribution in [3.05, 3.63) is 46.5 Å². The van der Waals surface area contributed by atoms with E-state index in [9.17, 15) is 4.79 Å². The number of nitrogens with zero attached hydrogens (tertiary/aromatic N) is 1. The highest BCUT2D eigenvalue weighted by Crippen LogP contribution is 2.25. The fourth-order valence-corrected chi connectivity index (χ4v) is 2.77. The van der Waals surface area contributed by atoms with Gasteiger partial charge in [0, 0.05) is 30.7 Å². The fourth-order valence-electron chi connectivity index (χ4n) is 2.54. The van der Waals surface area contributed by atoms with E-state index in [4.69, 9.17) is 11.6 Å². The van der Waals surface area contributed by atoms with Gasteiger partial charge >= 0.3 is 0 Å². The van der Waals surface area contributed by atoms with Crippen LogP contribution in [-0.2, 0) is 4.79 Å². The molecular weight excluding hydrogens is 282 g/mol. The second kappa shape index (κ2) is 7.46. The number of hydrogen-bond acceptors (Lipinski definition) is 2. The highest BCUT2D eigenvalue weighted by Gasteiger charge is 2.15. The summed E-state index contributed by atoms with van der Waals surface area (Å²) in [5, 5.41) is 0.739. The van der Waals surface area contributed by atoms with Gasteiger partial charge in [0.05, 0.1) is 0 Å². The van der Waals surface area contributed by atoms with E-state index in [0.717, 1.165) is 47.7 Å². The molecule has 2 nitrogen and oxygen atoms in total. The van der Waals surface area contributed by atoms with E-state index in [0.29, 0.717) is 6.42 Å². The Labute approximate surface area is 132 Å².